The number of carbonyl (C=O) groups excluding carboxylic acids is 1. The first-order chi connectivity index (χ1) is 12.3. The fraction of sp³-hybridized carbons (Fsp3) is 0.611. The van der Waals surface area contributed by atoms with Gasteiger partial charge in [-0.3, -0.25) is 4.79 Å². The quantitative estimate of drug-likeness (QED) is 0.553. The molecule has 0 spiro atoms. The van der Waals surface area contributed by atoms with Crippen molar-refractivity contribution in [3.8, 4) is 0 Å². The number of nitrogens with zero attached hydrogens (tertiary/aromatic N) is 2. The van der Waals surface area contributed by atoms with Gasteiger partial charge in [0, 0.05) is 23.8 Å². The van der Waals surface area contributed by atoms with E-state index in [9.17, 15) is 4.79 Å². The van der Waals surface area contributed by atoms with Crippen LogP contribution in [0.5, 0.6) is 0 Å². The molecule has 4 N–H and O–H groups in total. The second kappa shape index (κ2) is 7.20. The zero-order chi connectivity index (χ0) is 18.9. The van der Waals surface area contributed by atoms with Gasteiger partial charge in [0.1, 0.15) is 11.8 Å². The lowest BCUT2D eigenvalue weighted by atomic mass is 9.97. The van der Waals surface area contributed by atoms with Crippen LogP contribution in [-0.2, 0) is 14.3 Å². The van der Waals surface area contributed by atoms with Crippen molar-refractivity contribution >= 4 is 22.8 Å². The van der Waals surface area contributed by atoms with E-state index in [-0.39, 0.29) is 18.1 Å². The van der Waals surface area contributed by atoms with E-state index in [0.717, 1.165) is 29.4 Å². The lowest BCUT2D eigenvalue weighted by molar-refractivity contribution is -0.184. The molecule has 142 valence electrons. The molecule has 0 amide bonds. The van der Waals surface area contributed by atoms with Crippen LogP contribution < -0.4 is 11.1 Å². The maximum Gasteiger partial charge on any atom is 0.313 e. The van der Waals surface area contributed by atoms with Crippen molar-refractivity contribution in [2.75, 3.05) is 12.3 Å². The van der Waals surface area contributed by atoms with Gasteiger partial charge in [0.15, 0.2) is 12.1 Å². The molecule has 8 heteroatoms. The van der Waals surface area contributed by atoms with Gasteiger partial charge in [-0.1, -0.05) is 0 Å². The molecular weight excluding hydrogens is 334 g/mol. The number of nitrogen functional groups attached to an aromatic ring is 1. The van der Waals surface area contributed by atoms with Crippen molar-refractivity contribution in [1.82, 2.24) is 20.3 Å². The Morgan fingerprint density at radius 3 is 2.88 bits per heavy atom. The van der Waals surface area contributed by atoms with Gasteiger partial charge < -0.3 is 25.5 Å². The number of nitrogens with one attached hydrogen (secondary N) is 2. The fourth-order valence-electron chi connectivity index (χ4n) is 3.05. The highest BCUT2D eigenvalue weighted by Crippen LogP contribution is 2.32. The molecule has 3 unspecified atom stereocenters. The van der Waals surface area contributed by atoms with Crippen molar-refractivity contribution < 1.29 is 14.3 Å². The van der Waals surface area contributed by atoms with E-state index in [1.165, 1.54) is 6.33 Å². The predicted molar refractivity (Wildman–Crippen MR) is 98.2 cm³/mol. The summed E-state index contributed by atoms with van der Waals surface area (Å²) in [4.78, 5) is 23.4. The standard InChI is InChI=1S/C18H27N5O3/c1-10(26-17(24)18(2,3)4)25-8-11-5-6-13(23-11)12-7-20-15-14(12)21-9-22-16(15)19/h7,9-11,13,20,23H,5-6,8H2,1-4H3,(H2,19,21,22). The molecule has 3 heterocycles. The average molecular weight is 361 g/mol. The zero-order valence-corrected chi connectivity index (χ0v) is 15.7. The van der Waals surface area contributed by atoms with Crippen LogP contribution in [0.2, 0.25) is 0 Å². The molecule has 2 aromatic rings. The van der Waals surface area contributed by atoms with Gasteiger partial charge in [-0.25, -0.2) is 9.97 Å². The summed E-state index contributed by atoms with van der Waals surface area (Å²) in [6.07, 6.45) is 4.79. The summed E-state index contributed by atoms with van der Waals surface area (Å²) in [5.74, 6) is 0.187. The molecule has 1 fully saturated rings. The summed E-state index contributed by atoms with van der Waals surface area (Å²) in [6.45, 7) is 7.69. The summed E-state index contributed by atoms with van der Waals surface area (Å²) in [6, 6.07) is 0.374. The number of anilines is 1. The van der Waals surface area contributed by atoms with Gasteiger partial charge in [-0.05, 0) is 40.5 Å². The summed E-state index contributed by atoms with van der Waals surface area (Å²) in [5, 5.41) is 3.56. The molecule has 0 aromatic carbocycles. The Morgan fingerprint density at radius 1 is 1.38 bits per heavy atom. The monoisotopic (exact) mass is 361 g/mol. The van der Waals surface area contributed by atoms with Crippen LogP contribution in [-0.4, -0.2) is 39.9 Å². The maximum atomic E-state index is 11.9. The van der Waals surface area contributed by atoms with Crippen molar-refractivity contribution in [2.45, 2.75) is 58.9 Å². The SMILES string of the molecule is CC(OCC1CCC(c2c[nH]c3c(N)ncnc23)N1)OC(=O)C(C)(C)C. The zero-order valence-electron chi connectivity index (χ0n) is 15.7. The third kappa shape index (κ3) is 3.96. The van der Waals surface area contributed by atoms with Crippen LogP contribution in [0, 0.1) is 5.41 Å². The molecule has 1 aliphatic heterocycles. The summed E-state index contributed by atoms with van der Waals surface area (Å²) < 4.78 is 11.0. The Balaban J connectivity index is 1.54. The van der Waals surface area contributed by atoms with E-state index in [0.29, 0.717) is 12.4 Å². The number of hydrogen-bond donors (Lipinski definition) is 3. The van der Waals surface area contributed by atoms with Crippen LogP contribution >= 0.6 is 0 Å². The highest BCUT2D eigenvalue weighted by atomic mass is 16.7. The topological polar surface area (TPSA) is 115 Å². The Labute approximate surface area is 152 Å². The Hall–Kier alpha value is -2.19. The van der Waals surface area contributed by atoms with Gasteiger partial charge in [-0.15, -0.1) is 0 Å². The second-order valence-corrected chi connectivity index (χ2v) is 7.78. The van der Waals surface area contributed by atoms with E-state index in [2.05, 4.69) is 20.3 Å². The molecule has 0 radical (unpaired) electrons. The maximum absolute atomic E-state index is 11.9. The van der Waals surface area contributed by atoms with E-state index in [1.807, 2.05) is 27.0 Å². The number of nitrogens with two attached hydrogens (primary N) is 1. The molecule has 1 aliphatic rings. The highest BCUT2D eigenvalue weighted by Gasteiger charge is 2.29. The molecule has 0 saturated carbocycles. The Morgan fingerprint density at radius 2 is 2.15 bits per heavy atom. The van der Waals surface area contributed by atoms with Gasteiger partial charge in [-0.2, -0.15) is 0 Å². The smallest absolute Gasteiger partial charge is 0.313 e. The lowest BCUT2D eigenvalue weighted by Crippen LogP contribution is -2.33. The minimum Gasteiger partial charge on any atom is -0.436 e. The second-order valence-electron chi connectivity index (χ2n) is 7.78. The summed E-state index contributed by atoms with van der Waals surface area (Å²) in [5.41, 5.74) is 8.06. The van der Waals surface area contributed by atoms with Gasteiger partial charge >= 0.3 is 5.97 Å². The lowest BCUT2D eigenvalue weighted by Gasteiger charge is -2.22. The first-order valence-electron chi connectivity index (χ1n) is 8.92. The normalized spacial score (nSPS) is 21.8. The Bertz CT molecular complexity index is 783. The molecule has 8 nitrogen and oxygen atoms in total. The van der Waals surface area contributed by atoms with Crippen LogP contribution in [0.1, 0.15) is 52.1 Å². The van der Waals surface area contributed by atoms with Gasteiger partial charge in [0.05, 0.1) is 17.5 Å². The first-order valence-corrected chi connectivity index (χ1v) is 8.92. The molecule has 3 atom stereocenters. The minimum atomic E-state index is -0.566. The first kappa shape index (κ1) is 18.6. The molecule has 2 aromatic heterocycles. The molecule has 0 bridgehead atoms. The molecule has 0 aliphatic carbocycles. The largest absolute Gasteiger partial charge is 0.436 e. The number of hydrogen-bond acceptors (Lipinski definition) is 7. The van der Waals surface area contributed by atoms with E-state index >= 15 is 0 Å². The van der Waals surface area contributed by atoms with Crippen LogP contribution in [0.4, 0.5) is 5.82 Å². The average Bonchev–Trinajstić information content (AvgIpc) is 3.19. The number of fused-ring (bicyclic) bond motifs is 1. The van der Waals surface area contributed by atoms with Crippen molar-refractivity contribution in [3.63, 3.8) is 0 Å². The van der Waals surface area contributed by atoms with Crippen molar-refractivity contribution in [3.05, 3.63) is 18.1 Å². The van der Waals surface area contributed by atoms with Gasteiger partial charge in [0.2, 0.25) is 0 Å². The van der Waals surface area contributed by atoms with Gasteiger partial charge in [0.25, 0.3) is 0 Å². The predicted octanol–water partition coefficient (Wildman–Crippen LogP) is 2.29. The highest BCUT2D eigenvalue weighted by molar-refractivity contribution is 5.87. The summed E-state index contributed by atoms with van der Waals surface area (Å²) >= 11 is 0. The molecule has 26 heavy (non-hydrogen) atoms. The van der Waals surface area contributed by atoms with E-state index in [1.54, 1.807) is 6.92 Å². The van der Waals surface area contributed by atoms with Crippen molar-refractivity contribution in [2.24, 2.45) is 5.41 Å². The molecule has 3 rings (SSSR count). The third-order valence-corrected chi connectivity index (χ3v) is 4.56. The molecule has 1 saturated heterocycles. The number of rotatable bonds is 5. The number of aromatic amines is 1. The number of carbonyl (C=O) groups is 1. The fourth-order valence-corrected chi connectivity index (χ4v) is 3.05. The van der Waals surface area contributed by atoms with Crippen LogP contribution in [0.3, 0.4) is 0 Å². The van der Waals surface area contributed by atoms with E-state index < -0.39 is 11.7 Å². The number of H-pyrrole nitrogens is 1. The minimum absolute atomic E-state index is 0.180. The third-order valence-electron chi connectivity index (χ3n) is 4.56. The Kier molecular flexibility index (Phi) is 5.15. The summed E-state index contributed by atoms with van der Waals surface area (Å²) in [7, 11) is 0. The number of esters is 1. The van der Waals surface area contributed by atoms with Crippen molar-refractivity contribution in [1.29, 1.82) is 0 Å². The van der Waals surface area contributed by atoms with Crippen LogP contribution in [0.25, 0.3) is 11.0 Å². The number of aromatic nitrogens is 3. The number of ether oxygens (including phenoxy) is 2. The van der Waals surface area contributed by atoms with E-state index in [4.69, 9.17) is 15.2 Å². The molecular formula is C18H27N5O3. The van der Waals surface area contributed by atoms with Crippen LogP contribution in [0.15, 0.2) is 12.5 Å².